The number of anilines is 1. The number of rotatable bonds is 7. The number of nitrogens with one attached hydrogen (secondary N) is 1. The third-order valence-corrected chi connectivity index (χ3v) is 3.68. The standard InChI is InChI=1S/C19H22F2N2O2/c1-3-12-23(13-15-9-5-4-6-10-15)19(24)22-17-14(2)8-7-11-16(17)25-18(20)21/h4-11,18H,3,12-13H2,1-2H3,(H,22,24). The fraction of sp³-hybridized carbons (Fsp3) is 0.316. The van der Waals surface area contributed by atoms with Gasteiger partial charge in [-0.2, -0.15) is 8.78 Å². The van der Waals surface area contributed by atoms with Gasteiger partial charge in [-0.15, -0.1) is 0 Å². The molecule has 6 heteroatoms. The third kappa shape index (κ3) is 5.45. The second kappa shape index (κ2) is 9.01. The first-order chi connectivity index (χ1) is 12.0. The highest BCUT2D eigenvalue weighted by Crippen LogP contribution is 2.29. The molecule has 0 saturated carbocycles. The van der Waals surface area contributed by atoms with Crippen molar-refractivity contribution in [3.63, 3.8) is 0 Å². The van der Waals surface area contributed by atoms with Gasteiger partial charge in [-0.3, -0.25) is 0 Å². The minimum Gasteiger partial charge on any atom is -0.433 e. The highest BCUT2D eigenvalue weighted by atomic mass is 19.3. The molecule has 0 radical (unpaired) electrons. The smallest absolute Gasteiger partial charge is 0.387 e. The number of halogens is 2. The lowest BCUT2D eigenvalue weighted by atomic mass is 10.2. The number of ether oxygens (including phenoxy) is 1. The van der Waals surface area contributed by atoms with Gasteiger partial charge in [0.25, 0.3) is 0 Å². The van der Waals surface area contributed by atoms with Crippen LogP contribution in [0.5, 0.6) is 5.75 Å². The molecule has 2 rings (SSSR count). The number of carbonyl (C=O) groups excluding carboxylic acids is 1. The van der Waals surface area contributed by atoms with Crippen molar-refractivity contribution >= 4 is 11.7 Å². The summed E-state index contributed by atoms with van der Waals surface area (Å²) in [6.07, 6.45) is 0.786. The Morgan fingerprint density at radius 2 is 1.88 bits per heavy atom. The lowest BCUT2D eigenvalue weighted by molar-refractivity contribution is -0.0493. The Morgan fingerprint density at radius 1 is 1.16 bits per heavy atom. The molecular weight excluding hydrogens is 326 g/mol. The number of nitrogens with zero attached hydrogens (tertiary/aromatic N) is 1. The van der Waals surface area contributed by atoms with Crippen molar-refractivity contribution < 1.29 is 18.3 Å². The number of hydrogen-bond donors (Lipinski definition) is 1. The second-order valence-corrected chi connectivity index (χ2v) is 5.66. The molecule has 0 aliphatic heterocycles. The molecule has 0 aromatic heterocycles. The molecule has 1 N–H and O–H groups in total. The van der Waals surface area contributed by atoms with Gasteiger partial charge in [-0.05, 0) is 30.5 Å². The Balaban J connectivity index is 2.18. The van der Waals surface area contributed by atoms with Crippen molar-refractivity contribution in [2.75, 3.05) is 11.9 Å². The summed E-state index contributed by atoms with van der Waals surface area (Å²) >= 11 is 0. The van der Waals surface area contributed by atoms with Crippen LogP contribution in [0.2, 0.25) is 0 Å². The number of para-hydroxylation sites is 1. The lowest BCUT2D eigenvalue weighted by Gasteiger charge is -2.24. The van der Waals surface area contributed by atoms with E-state index in [1.54, 1.807) is 24.0 Å². The molecule has 2 aromatic rings. The zero-order chi connectivity index (χ0) is 18.2. The topological polar surface area (TPSA) is 41.6 Å². The van der Waals surface area contributed by atoms with Gasteiger partial charge in [0.05, 0.1) is 5.69 Å². The number of benzene rings is 2. The van der Waals surface area contributed by atoms with E-state index in [0.717, 1.165) is 12.0 Å². The molecule has 0 unspecified atom stereocenters. The Hall–Kier alpha value is -2.63. The van der Waals surface area contributed by atoms with Crippen LogP contribution in [-0.2, 0) is 6.54 Å². The molecule has 0 heterocycles. The molecule has 0 aliphatic rings. The number of aryl methyl sites for hydroxylation is 1. The molecule has 25 heavy (non-hydrogen) atoms. The van der Waals surface area contributed by atoms with Crippen LogP contribution < -0.4 is 10.1 Å². The summed E-state index contributed by atoms with van der Waals surface area (Å²) in [6, 6.07) is 14.0. The summed E-state index contributed by atoms with van der Waals surface area (Å²) in [4.78, 5) is 14.3. The van der Waals surface area contributed by atoms with E-state index in [1.165, 1.54) is 6.07 Å². The molecule has 4 nitrogen and oxygen atoms in total. The van der Waals surface area contributed by atoms with Gasteiger partial charge in [0, 0.05) is 13.1 Å². The van der Waals surface area contributed by atoms with E-state index in [-0.39, 0.29) is 17.5 Å². The molecule has 0 spiro atoms. The zero-order valence-corrected chi connectivity index (χ0v) is 14.3. The molecule has 0 bridgehead atoms. The van der Waals surface area contributed by atoms with E-state index < -0.39 is 6.61 Å². The van der Waals surface area contributed by atoms with Crippen LogP contribution in [-0.4, -0.2) is 24.1 Å². The van der Waals surface area contributed by atoms with Crippen molar-refractivity contribution in [3.8, 4) is 5.75 Å². The molecule has 2 amide bonds. The average molecular weight is 348 g/mol. The largest absolute Gasteiger partial charge is 0.433 e. The van der Waals surface area contributed by atoms with Crippen molar-refractivity contribution in [1.29, 1.82) is 0 Å². The maximum Gasteiger partial charge on any atom is 0.387 e. The first-order valence-corrected chi connectivity index (χ1v) is 8.15. The van der Waals surface area contributed by atoms with E-state index in [4.69, 9.17) is 0 Å². The summed E-state index contributed by atoms with van der Waals surface area (Å²) in [5.74, 6) is -0.0421. The van der Waals surface area contributed by atoms with Crippen molar-refractivity contribution in [2.24, 2.45) is 0 Å². The van der Waals surface area contributed by atoms with Gasteiger partial charge >= 0.3 is 12.6 Å². The number of alkyl halides is 2. The van der Waals surface area contributed by atoms with Gasteiger partial charge in [0.2, 0.25) is 0 Å². The van der Waals surface area contributed by atoms with Crippen molar-refractivity contribution in [3.05, 3.63) is 59.7 Å². The summed E-state index contributed by atoms with van der Waals surface area (Å²) in [6.45, 7) is 1.75. The van der Waals surface area contributed by atoms with Crippen LogP contribution in [0.25, 0.3) is 0 Å². The predicted octanol–water partition coefficient (Wildman–Crippen LogP) is 5.04. The quantitative estimate of drug-likeness (QED) is 0.761. The third-order valence-electron chi connectivity index (χ3n) is 3.68. The van der Waals surface area contributed by atoms with Crippen LogP contribution in [0, 0.1) is 6.92 Å². The summed E-state index contributed by atoms with van der Waals surface area (Å²) in [5, 5.41) is 2.72. The first-order valence-electron chi connectivity index (χ1n) is 8.15. The Bertz CT molecular complexity index is 693. The average Bonchev–Trinajstić information content (AvgIpc) is 2.58. The van der Waals surface area contributed by atoms with E-state index >= 15 is 0 Å². The zero-order valence-electron chi connectivity index (χ0n) is 14.3. The van der Waals surface area contributed by atoms with E-state index in [2.05, 4.69) is 10.1 Å². The summed E-state index contributed by atoms with van der Waals surface area (Å²) < 4.78 is 29.7. The number of hydrogen-bond acceptors (Lipinski definition) is 2. The van der Waals surface area contributed by atoms with Crippen molar-refractivity contribution in [2.45, 2.75) is 33.4 Å². The minimum atomic E-state index is -2.95. The predicted molar refractivity (Wildman–Crippen MR) is 94.0 cm³/mol. The SMILES string of the molecule is CCCN(Cc1ccccc1)C(=O)Nc1c(C)cccc1OC(F)F. The monoisotopic (exact) mass is 348 g/mol. The molecule has 0 fully saturated rings. The van der Waals surface area contributed by atoms with Gasteiger partial charge in [-0.1, -0.05) is 49.4 Å². The first kappa shape index (κ1) is 18.7. The summed E-state index contributed by atoms with van der Waals surface area (Å²) in [7, 11) is 0. The molecule has 0 aliphatic carbocycles. The highest BCUT2D eigenvalue weighted by molar-refractivity contribution is 5.92. The van der Waals surface area contributed by atoms with Crippen LogP contribution in [0.3, 0.4) is 0 Å². The van der Waals surface area contributed by atoms with E-state index in [1.807, 2.05) is 37.3 Å². The van der Waals surface area contributed by atoms with Gasteiger partial charge in [0.15, 0.2) is 0 Å². The maximum absolute atomic E-state index is 12.7. The van der Waals surface area contributed by atoms with Crippen LogP contribution in [0.1, 0.15) is 24.5 Å². The van der Waals surface area contributed by atoms with Gasteiger partial charge in [0.1, 0.15) is 5.75 Å². The lowest BCUT2D eigenvalue weighted by Crippen LogP contribution is -2.35. The van der Waals surface area contributed by atoms with E-state index in [0.29, 0.717) is 18.7 Å². The summed E-state index contributed by atoms with van der Waals surface area (Å²) in [5.41, 5.74) is 1.92. The van der Waals surface area contributed by atoms with Crippen LogP contribution in [0.15, 0.2) is 48.5 Å². The van der Waals surface area contributed by atoms with Gasteiger partial charge in [-0.25, -0.2) is 4.79 Å². The van der Waals surface area contributed by atoms with E-state index in [9.17, 15) is 13.6 Å². The fourth-order valence-electron chi connectivity index (χ4n) is 2.51. The fourth-order valence-corrected chi connectivity index (χ4v) is 2.51. The minimum absolute atomic E-state index is 0.0421. The number of amides is 2. The normalized spacial score (nSPS) is 10.6. The number of urea groups is 1. The Kier molecular flexibility index (Phi) is 6.74. The molecule has 0 saturated heterocycles. The maximum atomic E-state index is 12.7. The molecule has 2 aromatic carbocycles. The second-order valence-electron chi connectivity index (χ2n) is 5.66. The highest BCUT2D eigenvalue weighted by Gasteiger charge is 2.18. The van der Waals surface area contributed by atoms with Crippen molar-refractivity contribution in [1.82, 2.24) is 4.90 Å². The van der Waals surface area contributed by atoms with Crippen LogP contribution >= 0.6 is 0 Å². The van der Waals surface area contributed by atoms with Gasteiger partial charge < -0.3 is 15.0 Å². The Labute approximate surface area is 146 Å². The molecule has 0 atom stereocenters. The molecular formula is C19H22F2N2O2. The number of carbonyl (C=O) groups is 1. The van der Waals surface area contributed by atoms with Crippen LogP contribution in [0.4, 0.5) is 19.3 Å². The Morgan fingerprint density at radius 3 is 2.52 bits per heavy atom. The molecule has 134 valence electrons.